The van der Waals surface area contributed by atoms with Gasteiger partial charge in [0, 0.05) is 32.3 Å². The van der Waals surface area contributed by atoms with Gasteiger partial charge in [0.15, 0.2) is 0 Å². The first-order chi connectivity index (χ1) is 8.58. The third-order valence-corrected chi connectivity index (χ3v) is 2.50. The molecule has 0 fully saturated rings. The lowest BCUT2D eigenvalue weighted by atomic mass is 10.3. The number of anilines is 1. The molecule has 1 heterocycles. The van der Waals surface area contributed by atoms with Gasteiger partial charge in [0.2, 0.25) is 5.91 Å². The predicted molar refractivity (Wildman–Crippen MR) is 70.2 cm³/mol. The predicted octanol–water partition coefficient (Wildman–Crippen LogP) is 0.346. The molecule has 18 heavy (non-hydrogen) atoms. The molecule has 1 aromatic rings. The van der Waals surface area contributed by atoms with Gasteiger partial charge in [-0.3, -0.25) is 9.59 Å². The maximum Gasteiger partial charge on any atom is 0.267 e. The summed E-state index contributed by atoms with van der Waals surface area (Å²) in [5.41, 5.74) is 6.72. The molecule has 4 N–H and O–H groups in total. The molecule has 0 aliphatic carbocycles. The Morgan fingerprint density at radius 2 is 2.06 bits per heavy atom. The molecular weight excluding hydrogens is 232 g/mol. The van der Waals surface area contributed by atoms with Crippen LogP contribution in [0.2, 0.25) is 0 Å². The quantitative estimate of drug-likeness (QED) is 0.682. The molecule has 2 amide bonds. The summed E-state index contributed by atoms with van der Waals surface area (Å²) in [7, 11) is 0. The standard InChI is InChI=1S/C12H20N4O2/c1-3-14-11(17)5-6-15-12(18)10-7-9(13)8-16(10)4-2/h7-8H,3-6,13H2,1-2H3,(H,14,17)(H,15,18). The molecule has 0 spiro atoms. The van der Waals surface area contributed by atoms with Gasteiger partial charge in [-0.2, -0.15) is 0 Å². The first-order valence-electron chi connectivity index (χ1n) is 6.09. The number of carbonyl (C=O) groups excluding carboxylic acids is 2. The van der Waals surface area contributed by atoms with Crippen molar-refractivity contribution in [3.05, 3.63) is 18.0 Å². The number of hydrogen-bond donors (Lipinski definition) is 3. The van der Waals surface area contributed by atoms with E-state index in [0.29, 0.717) is 31.0 Å². The molecule has 1 aromatic heterocycles. The van der Waals surface area contributed by atoms with Gasteiger partial charge in [-0.1, -0.05) is 0 Å². The van der Waals surface area contributed by atoms with Crippen molar-refractivity contribution in [2.24, 2.45) is 0 Å². The fourth-order valence-corrected chi connectivity index (χ4v) is 1.65. The van der Waals surface area contributed by atoms with E-state index in [1.165, 1.54) is 0 Å². The first-order valence-corrected chi connectivity index (χ1v) is 6.09. The van der Waals surface area contributed by atoms with E-state index in [0.717, 1.165) is 0 Å². The molecule has 0 saturated carbocycles. The Morgan fingerprint density at radius 1 is 1.33 bits per heavy atom. The number of rotatable bonds is 6. The van der Waals surface area contributed by atoms with Crippen molar-refractivity contribution in [3.63, 3.8) is 0 Å². The number of aryl methyl sites for hydroxylation is 1. The number of amides is 2. The average molecular weight is 252 g/mol. The van der Waals surface area contributed by atoms with Crippen molar-refractivity contribution < 1.29 is 9.59 Å². The van der Waals surface area contributed by atoms with Gasteiger partial charge in [-0.25, -0.2) is 0 Å². The monoisotopic (exact) mass is 252 g/mol. The lowest BCUT2D eigenvalue weighted by Crippen LogP contribution is -2.31. The van der Waals surface area contributed by atoms with E-state index in [1.54, 1.807) is 16.8 Å². The van der Waals surface area contributed by atoms with Crippen LogP contribution in [0, 0.1) is 0 Å². The smallest absolute Gasteiger partial charge is 0.267 e. The minimum Gasteiger partial charge on any atom is -0.397 e. The zero-order chi connectivity index (χ0) is 13.5. The van der Waals surface area contributed by atoms with Gasteiger partial charge in [-0.15, -0.1) is 0 Å². The molecule has 100 valence electrons. The van der Waals surface area contributed by atoms with Crippen molar-refractivity contribution in [3.8, 4) is 0 Å². The number of hydrogen-bond acceptors (Lipinski definition) is 3. The minimum atomic E-state index is -0.210. The summed E-state index contributed by atoms with van der Waals surface area (Å²) in [6.07, 6.45) is 2.00. The summed E-state index contributed by atoms with van der Waals surface area (Å²) >= 11 is 0. The molecule has 0 radical (unpaired) electrons. The van der Waals surface area contributed by atoms with Crippen LogP contribution in [-0.4, -0.2) is 29.5 Å². The van der Waals surface area contributed by atoms with Gasteiger partial charge in [0.25, 0.3) is 5.91 Å². The molecule has 0 aromatic carbocycles. The van der Waals surface area contributed by atoms with E-state index in [1.807, 2.05) is 13.8 Å². The molecule has 0 unspecified atom stereocenters. The number of aromatic nitrogens is 1. The zero-order valence-electron chi connectivity index (χ0n) is 10.8. The highest BCUT2D eigenvalue weighted by Gasteiger charge is 2.11. The van der Waals surface area contributed by atoms with Gasteiger partial charge in [0.1, 0.15) is 5.69 Å². The molecule has 0 saturated heterocycles. The summed E-state index contributed by atoms with van der Waals surface area (Å²) in [5, 5.41) is 5.37. The van der Waals surface area contributed by atoms with Crippen LogP contribution in [-0.2, 0) is 11.3 Å². The highest BCUT2D eigenvalue weighted by Crippen LogP contribution is 2.10. The highest BCUT2D eigenvalue weighted by molar-refractivity contribution is 5.94. The van der Waals surface area contributed by atoms with Gasteiger partial charge < -0.3 is 20.9 Å². The van der Waals surface area contributed by atoms with Crippen LogP contribution < -0.4 is 16.4 Å². The Balaban J connectivity index is 2.47. The third kappa shape index (κ3) is 3.80. The summed E-state index contributed by atoms with van der Waals surface area (Å²) < 4.78 is 1.77. The number of nitrogens with zero attached hydrogens (tertiary/aromatic N) is 1. The molecule has 6 heteroatoms. The lowest BCUT2D eigenvalue weighted by Gasteiger charge is -2.07. The summed E-state index contributed by atoms with van der Waals surface area (Å²) in [6, 6.07) is 1.63. The largest absolute Gasteiger partial charge is 0.397 e. The van der Waals surface area contributed by atoms with Crippen LogP contribution in [0.5, 0.6) is 0 Å². The van der Waals surface area contributed by atoms with Crippen molar-refractivity contribution in [2.75, 3.05) is 18.8 Å². The number of nitrogens with one attached hydrogen (secondary N) is 2. The van der Waals surface area contributed by atoms with Gasteiger partial charge in [-0.05, 0) is 19.9 Å². The third-order valence-electron chi connectivity index (χ3n) is 2.50. The minimum absolute atomic E-state index is 0.0665. The Kier molecular flexibility index (Phi) is 5.23. The second-order valence-corrected chi connectivity index (χ2v) is 3.90. The number of carbonyl (C=O) groups is 2. The molecular formula is C12H20N4O2. The van der Waals surface area contributed by atoms with Gasteiger partial charge in [0.05, 0.1) is 5.69 Å². The van der Waals surface area contributed by atoms with Crippen molar-refractivity contribution in [1.29, 1.82) is 0 Å². The Labute approximate surface area is 107 Å². The Bertz CT molecular complexity index is 426. The SMILES string of the molecule is CCNC(=O)CCNC(=O)c1cc(N)cn1CC. The van der Waals surface area contributed by atoms with Crippen molar-refractivity contribution >= 4 is 17.5 Å². The first kappa shape index (κ1) is 14.1. The average Bonchev–Trinajstić information content (AvgIpc) is 2.70. The summed E-state index contributed by atoms with van der Waals surface area (Å²) in [6.45, 7) is 5.38. The van der Waals surface area contributed by atoms with Crippen LogP contribution in [0.25, 0.3) is 0 Å². The molecule has 6 nitrogen and oxygen atoms in total. The van der Waals surface area contributed by atoms with E-state index in [9.17, 15) is 9.59 Å². The lowest BCUT2D eigenvalue weighted by molar-refractivity contribution is -0.120. The van der Waals surface area contributed by atoms with E-state index < -0.39 is 0 Å². The molecule has 0 aliphatic rings. The normalized spacial score (nSPS) is 10.1. The van der Waals surface area contributed by atoms with E-state index >= 15 is 0 Å². The molecule has 1 rings (SSSR count). The Morgan fingerprint density at radius 3 is 2.67 bits per heavy atom. The second-order valence-electron chi connectivity index (χ2n) is 3.90. The maximum absolute atomic E-state index is 11.9. The van der Waals surface area contributed by atoms with E-state index in [4.69, 9.17) is 5.73 Å². The van der Waals surface area contributed by atoms with Gasteiger partial charge >= 0.3 is 0 Å². The molecule has 0 bridgehead atoms. The van der Waals surface area contributed by atoms with Crippen LogP contribution in [0.1, 0.15) is 30.8 Å². The summed E-state index contributed by atoms with van der Waals surface area (Å²) in [5.74, 6) is -0.277. The fourth-order valence-electron chi connectivity index (χ4n) is 1.65. The van der Waals surface area contributed by atoms with E-state index in [2.05, 4.69) is 10.6 Å². The molecule has 0 atom stereocenters. The van der Waals surface area contributed by atoms with Crippen LogP contribution in [0.15, 0.2) is 12.3 Å². The van der Waals surface area contributed by atoms with Crippen LogP contribution in [0.3, 0.4) is 0 Å². The van der Waals surface area contributed by atoms with Crippen molar-refractivity contribution in [1.82, 2.24) is 15.2 Å². The highest BCUT2D eigenvalue weighted by atomic mass is 16.2. The Hall–Kier alpha value is -1.98. The number of nitrogens with two attached hydrogens (primary N) is 1. The fraction of sp³-hybridized carbons (Fsp3) is 0.500. The van der Waals surface area contributed by atoms with Crippen LogP contribution >= 0.6 is 0 Å². The van der Waals surface area contributed by atoms with Crippen LogP contribution in [0.4, 0.5) is 5.69 Å². The topological polar surface area (TPSA) is 89.2 Å². The summed E-state index contributed by atoms with van der Waals surface area (Å²) in [4.78, 5) is 23.1. The zero-order valence-corrected chi connectivity index (χ0v) is 10.8. The number of nitrogen functional groups attached to an aromatic ring is 1. The molecule has 0 aliphatic heterocycles. The maximum atomic E-state index is 11.9. The van der Waals surface area contributed by atoms with Crippen molar-refractivity contribution in [2.45, 2.75) is 26.8 Å². The van der Waals surface area contributed by atoms with E-state index in [-0.39, 0.29) is 18.2 Å². The second kappa shape index (κ2) is 6.68.